The predicted octanol–water partition coefficient (Wildman–Crippen LogP) is 0.469. The molecule has 1 heterocycles. The minimum atomic E-state index is 1.07. The van der Waals surface area contributed by atoms with Gasteiger partial charge >= 0.3 is 87.8 Å². The van der Waals surface area contributed by atoms with Crippen molar-refractivity contribution in [3.8, 4) is 0 Å². The quantitative estimate of drug-likeness (QED) is 0.587. The Labute approximate surface area is 88.0 Å². The second-order valence-corrected chi connectivity index (χ2v) is 3.53. The van der Waals surface area contributed by atoms with Crippen molar-refractivity contribution in [1.29, 1.82) is 0 Å². The summed E-state index contributed by atoms with van der Waals surface area (Å²) in [6, 6.07) is 0. The summed E-state index contributed by atoms with van der Waals surface area (Å²) in [5.74, 6) is 0. The van der Waals surface area contributed by atoms with E-state index in [0.717, 1.165) is 4.15 Å². The Bertz CT molecular complexity index is 315. The summed E-state index contributed by atoms with van der Waals surface area (Å²) in [5, 5.41) is 0. The van der Waals surface area contributed by atoms with Gasteiger partial charge in [-0.2, -0.15) is 0 Å². The van der Waals surface area contributed by atoms with Gasteiger partial charge in [0.15, 0.2) is 0 Å². The zero-order valence-electron chi connectivity index (χ0n) is 7.29. The third kappa shape index (κ3) is 2.46. The average molecular weight is 346 g/mol. The zero-order valence-corrected chi connectivity index (χ0v) is 10.2. The molecule has 5 heteroatoms. The standard InChI is InChI=1S/C8H10N4.W/c1-3-11(6-9-2)8-12-5-4-10-7-12;/h3-7H,1H2,2H3;. The molecule has 4 nitrogen and oxygen atoms in total. The molecule has 0 unspecified atom stereocenters. The summed E-state index contributed by atoms with van der Waals surface area (Å²) in [5.41, 5.74) is 0. The summed E-state index contributed by atoms with van der Waals surface area (Å²) in [6.07, 6.45) is 8.82. The first-order valence-electron chi connectivity index (χ1n) is 3.65. The van der Waals surface area contributed by atoms with Crippen LogP contribution in [0.5, 0.6) is 0 Å². The fourth-order valence-corrected chi connectivity index (χ4v) is 1.63. The van der Waals surface area contributed by atoms with Crippen LogP contribution in [0.3, 0.4) is 0 Å². The van der Waals surface area contributed by atoms with Crippen molar-refractivity contribution in [3.63, 3.8) is 0 Å². The van der Waals surface area contributed by atoms with E-state index in [1.807, 2.05) is 15.7 Å². The normalized spacial score (nSPS) is 10.2. The molecule has 68 valence electrons. The van der Waals surface area contributed by atoms with E-state index in [-0.39, 0.29) is 0 Å². The Morgan fingerprint density at radius 3 is 3.00 bits per heavy atom. The summed E-state index contributed by atoms with van der Waals surface area (Å²) in [4.78, 5) is 9.75. The first-order valence-corrected chi connectivity index (χ1v) is 5.11. The molecular formula is C8H10N4W. The minimum absolute atomic E-state index is 1.07. The van der Waals surface area contributed by atoms with Crippen LogP contribution in [0.25, 0.3) is 0 Å². The van der Waals surface area contributed by atoms with Crippen LogP contribution in [0.4, 0.5) is 0 Å². The number of rotatable bonds is 4. The number of nitrogens with zero attached hydrogens (tertiary/aromatic N) is 4. The van der Waals surface area contributed by atoms with Crippen molar-refractivity contribution < 1.29 is 19.4 Å². The summed E-state index contributed by atoms with van der Waals surface area (Å²) in [6.45, 7) is 3.70. The van der Waals surface area contributed by atoms with Gasteiger partial charge in [-0.25, -0.2) is 0 Å². The fraction of sp³-hybridized carbons (Fsp3) is 0.125. The van der Waals surface area contributed by atoms with Crippen molar-refractivity contribution in [2.45, 2.75) is 0 Å². The van der Waals surface area contributed by atoms with Gasteiger partial charge in [-0.1, -0.05) is 0 Å². The topological polar surface area (TPSA) is 33.4 Å². The number of hydrogen-bond donors (Lipinski definition) is 0. The van der Waals surface area contributed by atoms with Crippen LogP contribution in [0.15, 0.2) is 36.5 Å². The molecule has 1 aromatic rings. The third-order valence-electron chi connectivity index (χ3n) is 1.38. The van der Waals surface area contributed by atoms with E-state index in [9.17, 15) is 0 Å². The van der Waals surface area contributed by atoms with Crippen LogP contribution >= 0.6 is 0 Å². The molecule has 0 saturated carbocycles. The van der Waals surface area contributed by atoms with Crippen LogP contribution in [0, 0.1) is 0 Å². The first-order chi connectivity index (χ1) is 6.29. The van der Waals surface area contributed by atoms with Crippen molar-refractivity contribution in [1.82, 2.24) is 14.5 Å². The van der Waals surface area contributed by atoms with E-state index in [0.29, 0.717) is 0 Å². The zero-order chi connectivity index (χ0) is 9.68. The van der Waals surface area contributed by atoms with Crippen LogP contribution in [0.1, 0.15) is 0 Å². The van der Waals surface area contributed by atoms with E-state index < -0.39 is 0 Å². The second-order valence-electron chi connectivity index (χ2n) is 2.22. The molecule has 0 atom stereocenters. The molecule has 1 aromatic heterocycles. The number of imidazole rings is 1. The maximum absolute atomic E-state index is 3.97. The molecule has 0 aromatic carbocycles. The van der Waals surface area contributed by atoms with Gasteiger partial charge in [0.25, 0.3) is 0 Å². The number of aliphatic imine (C=N–C) groups is 1. The molecule has 0 bridgehead atoms. The Morgan fingerprint density at radius 2 is 2.54 bits per heavy atom. The van der Waals surface area contributed by atoms with E-state index in [4.69, 9.17) is 0 Å². The maximum atomic E-state index is 3.97. The summed E-state index contributed by atoms with van der Waals surface area (Å²) in [7, 11) is 1.73. The average Bonchev–Trinajstić information content (AvgIpc) is 2.65. The first kappa shape index (κ1) is 10.1. The van der Waals surface area contributed by atoms with Crippen LogP contribution in [-0.2, 0) is 19.4 Å². The fourth-order valence-electron chi connectivity index (χ4n) is 0.805. The second kappa shape index (κ2) is 4.87. The monoisotopic (exact) mass is 346 g/mol. The van der Waals surface area contributed by atoms with Crippen molar-refractivity contribution >= 4 is 10.5 Å². The molecule has 0 aliphatic heterocycles. The Hall–Kier alpha value is -1.02. The molecular weight excluding hydrogens is 336 g/mol. The Kier molecular flexibility index (Phi) is 3.77. The predicted molar refractivity (Wildman–Crippen MR) is 49.1 cm³/mol. The number of aromatic nitrogens is 2. The molecule has 1 rings (SSSR count). The van der Waals surface area contributed by atoms with Gasteiger partial charge < -0.3 is 0 Å². The van der Waals surface area contributed by atoms with Crippen LogP contribution < -0.4 is 0 Å². The molecule has 0 spiro atoms. The molecule has 0 fully saturated rings. The van der Waals surface area contributed by atoms with Gasteiger partial charge in [-0.05, 0) is 0 Å². The molecule has 0 aliphatic rings. The molecule has 0 amide bonds. The molecule has 0 N–H and O–H groups in total. The summed E-state index contributed by atoms with van der Waals surface area (Å²) >= 11 is 1.33. The number of hydrogen-bond acceptors (Lipinski definition) is 2. The molecule has 0 saturated heterocycles. The SMILES string of the molecule is C=CN(C=NC)[C](=[W])n1ccnc1. The van der Waals surface area contributed by atoms with Crippen LogP contribution in [-0.4, -0.2) is 32.0 Å². The van der Waals surface area contributed by atoms with E-state index in [1.54, 1.807) is 32.1 Å². The van der Waals surface area contributed by atoms with E-state index >= 15 is 0 Å². The van der Waals surface area contributed by atoms with Gasteiger partial charge in [-0.3, -0.25) is 0 Å². The third-order valence-corrected chi connectivity index (χ3v) is 2.90. The van der Waals surface area contributed by atoms with Gasteiger partial charge in [-0.15, -0.1) is 0 Å². The van der Waals surface area contributed by atoms with Crippen molar-refractivity contribution in [3.05, 3.63) is 31.5 Å². The molecule has 13 heavy (non-hydrogen) atoms. The van der Waals surface area contributed by atoms with Gasteiger partial charge in [0.1, 0.15) is 0 Å². The van der Waals surface area contributed by atoms with Crippen molar-refractivity contribution in [2.24, 2.45) is 4.99 Å². The van der Waals surface area contributed by atoms with Gasteiger partial charge in [0.05, 0.1) is 0 Å². The Morgan fingerprint density at radius 1 is 1.77 bits per heavy atom. The van der Waals surface area contributed by atoms with Gasteiger partial charge in [0.2, 0.25) is 0 Å². The molecule has 0 radical (unpaired) electrons. The van der Waals surface area contributed by atoms with E-state index in [1.165, 1.54) is 19.4 Å². The molecule has 0 aliphatic carbocycles. The Balaban J connectivity index is 2.82. The van der Waals surface area contributed by atoms with Gasteiger partial charge in [0, 0.05) is 0 Å². The van der Waals surface area contributed by atoms with Crippen LogP contribution in [0.2, 0.25) is 0 Å². The summed E-state index contributed by atoms with van der Waals surface area (Å²) < 4.78 is 3.00. The van der Waals surface area contributed by atoms with E-state index in [2.05, 4.69) is 16.6 Å². The van der Waals surface area contributed by atoms with Crippen molar-refractivity contribution in [2.75, 3.05) is 7.05 Å².